The Labute approximate surface area is 71.4 Å². The van der Waals surface area contributed by atoms with Gasteiger partial charge in [0.2, 0.25) is 0 Å². The zero-order chi connectivity index (χ0) is 9.56. The Kier molecular flexibility index (Phi) is 4.87. The van der Waals surface area contributed by atoms with Crippen LogP contribution in [0.15, 0.2) is 12.4 Å². The number of carboxylic acid groups (broad SMARTS) is 1. The van der Waals surface area contributed by atoms with E-state index in [1.54, 1.807) is 0 Å². The largest absolute Gasteiger partial charge is 0.548 e. The van der Waals surface area contributed by atoms with Crippen molar-refractivity contribution in [1.82, 2.24) is 5.32 Å². The minimum Gasteiger partial charge on any atom is -0.548 e. The zero-order valence-electron chi connectivity index (χ0n) is 6.88. The molecule has 0 fully saturated rings. The Balaban J connectivity index is 3.31. The van der Waals surface area contributed by atoms with Gasteiger partial charge in [0.25, 0.3) is 0 Å². The van der Waals surface area contributed by atoms with Gasteiger partial charge in [0.05, 0.1) is 11.8 Å². The molecule has 5 nitrogen and oxygen atoms in total. The molecule has 1 atom stereocenters. The van der Waals surface area contributed by atoms with Gasteiger partial charge in [-0.2, -0.15) is 0 Å². The number of carbonyl (C=O) groups is 1. The van der Waals surface area contributed by atoms with Crippen molar-refractivity contribution in [3.05, 3.63) is 12.4 Å². The van der Waals surface area contributed by atoms with E-state index in [0.717, 1.165) is 0 Å². The number of nitrogens with one attached hydrogen (secondary N) is 1. The first-order valence-corrected chi connectivity index (χ1v) is 3.68. The van der Waals surface area contributed by atoms with E-state index in [0.29, 0.717) is 25.2 Å². The van der Waals surface area contributed by atoms with Crippen molar-refractivity contribution in [1.29, 1.82) is 0 Å². The van der Waals surface area contributed by atoms with E-state index in [1.807, 2.05) is 0 Å². The Bertz CT molecular complexity index is 170. The summed E-state index contributed by atoms with van der Waals surface area (Å²) in [4.78, 5) is 10.1. The topological polar surface area (TPSA) is 104 Å². The summed E-state index contributed by atoms with van der Waals surface area (Å²) in [5, 5.41) is 12.9. The SMILES string of the molecule is C=C(N)NCCCC(N)C(=O)[O-]. The van der Waals surface area contributed by atoms with Crippen LogP contribution < -0.4 is 21.9 Å². The van der Waals surface area contributed by atoms with Crippen LogP contribution in [0, 0.1) is 0 Å². The summed E-state index contributed by atoms with van der Waals surface area (Å²) in [6.07, 6.45) is 1.01. The number of aliphatic carboxylic acids is 1. The van der Waals surface area contributed by atoms with Crippen LogP contribution in [-0.2, 0) is 4.79 Å². The summed E-state index contributed by atoms with van der Waals surface area (Å²) in [6, 6.07) is -0.891. The van der Waals surface area contributed by atoms with E-state index in [-0.39, 0.29) is 0 Å². The van der Waals surface area contributed by atoms with Crippen molar-refractivity contribution in [3.8, 4) is 0 Å². The minimum atomic E-state index is -1.22. The molecule has 5 N–H and O–H groups in total. The zero-order valence-corrected chi connectivity index (χ0v) is 6.88. The Morgan fingerprint density at radius 2 is 2.25 bits per heavy atom. The van der Waals surface area contributed by atoms with Crippen LogP contribution in [0.2, 0.25) is 0 Å². The molecule has 0 aromatic rings. The standard InChI is InChI=1S/C7H15N3O2/c1-5(8)10-4-2-3-6(9)7(11)12/h6,10H,1-4,8-9H2,(H,11,12)/p-1. The van der Waals surface area contributed by atoms with E-state index >= 15 is 0 Å². The van der Waals surface area contributed by atoms with Gasteiger partial charge < -0.3 is 26.7 Å². The van der Waals surface area contributed by atoms with Crippen molar-refractivity contribution >= 4 is 5.97 Å². The van der Waals surface area contributed by atoms with E-state index in [1.165, 1.54) is 0 Å². The molecule has 0 amide bonds. The molecular formula is C7H14N3O2-. The fourth-order valence-electron chi connectivity index (χ4n) is 0.689. The highest BCUT2D eigenvalue weighted by molar-refractivity contribution is 5.70. The molecular weight excluding hydrogens is 158 g/mol. The Morgan fingerprint density at radius 1 is 1.67 bits per heavy atom. The average Bonchev–Trinajstić information content (AvgIpc) is 1.97. The second-order valence-corrected chi connectivity index (χ2v) is 2.52. The molecule has 0 aromatic heterocycles. The predicted octanol–water partition coefficient (Wildman–Crippen LogP) is -2.14. The molecule has 0 aromatic carbocycles. The maximum absolute atomic E-state index is 10.1. The third-order valence-electron chi connectivity index (χ3n) is 1.35. The number of hydrogen-bond donors (Lipinski definition) is 3. The quantitative estimate of drug-likeness (QED) is 0.397. The molecule has 0 spiro atoms. The molecule has 0 rings (SSSR count). The lowest BCUT2D eigenvalue weighted by molar-refractivity contribution is -0.307. The molecule has 0 aliphatic carbocycles. The normalized spacial score (nSPS) is 12.1. The second kappa shape index (κ2) is 5.42. The predicted molar refractivity (Wildman–Crippen MR) is 43.5 cm³/mol. The van der Waals surface area contributed by atoms with Gasteiger partial charge in [-0.25, -0.2) is 0 Å². The lowest BCUT2D eigenvalue weighted by atomic mass is 10.2. The third kappa shape index (κ3) is 5.55. The molecule has 0 radical (unpaired) electrons. The molecule has 0 aliphatic heterocycles. The monoisotopic (exact) mass is 172 g/mol. The average molecular weight is 172 g/mol. The smallest absolute Gasteiger partial charge is 0.0885 e. The highest BCUT2D eigenvalue weighted by atomic mass is 16.4. The summed E-state index contributed by atoms with van der Waals surface area (Å²) in [6.45, 7) is 3.99. The number of nitrogens with two attached hydrogens (primary N) is 2. The van der Waals surface area contributed by atoms with Crippen molar-refractivity contribution < 1.29 is 9.90 Å². The molecule has 0 heterocycles. The van der Waals surface area contributed by atoms with Crippen LogP contribution in [0.25, 0.3) is 0 Å². The highest BCUT2D eigenvalue weighted by Gasteiger charge is 2.01. The molecule has 1 unspecified atom stereocenters. The summed E-state index contributed by atoms with van der Waals surface area (Å²) < 4.78 is 0. The van der Waals surface area contributed by atoms with Crippen LogP contribution in [0.3, 0.4) is 0 Å². The van der Waals surface area contributed by atoms with E-state index in [9.17, 15) is 9.90 Å². The van der Waals surface area contributed by atoms with Gasteiger partial charge in [0.1, 0.15) is 0 Å². The molecule has 0 saturated heterocycles. The first-order chi connectivity index (χ1) is 5.54. The van der Waals surface area contributed by atoms with Gasteiger partial charge in [0, 0.05) is 12.6 Å². The van der Waals surface area contributed by atoms with Crippen LogP contribution >= 0.6 is 0 Å². The molecule has 0 saturated carbocycles. The lowest BCUT2D eigenvalue weighted by Gasteiger charge is -2.12. The van der Waals surface area contributed by atoms with E-state index in [4.69, 9.17) is 11.5 Å². The first kappa shape index (κ1) is 10.8. The first-order valence-electron chi connectivity index (χ1n) is 3.68. The third-order valence-corrected chi connectivity index (χ3v) is 1.35. The molecule has 0 aliphatic rings. The Hall–Kier alpha value is -1.23. The van der Waals surface area contributed by atoms with Crippen molar-refractivity contribution in [2.24, 2.45) is 11.5 Å². The summed E-state index contributed by atoms with van der Waals surface area (Å²) >= 11 is 0. The molecule has 5 heteroatoms. The van der Waals surface area contributed by atoms with Crippen LogP contribution in [0.5, 0.6) is 0 Å². The molecule has 70 valence electrons. The molecule has 0 bridgehead atoms. The van der Waals surface area contributed by atoms with Gasteiger partial charge >= 0.3 is 0 Å². The minimum absolute atomic E-state index is 0.372. The van der Waals surface area contributed by atoms with Crippen LogP contribution in [-0.4, -0.2) is 18.6 Å². The summed E-state index contributed by atoms with van der Waals surface area (Å²) in [7, 11) is 0. The second-order valence-electron chi connectivity index (χ2n) is 2.52. The van der Waals surface area contributed by atoms with Crippen LogP contribution in [0.4, 0.5) is 0 Å². The lowest BCUT2D eigenvalue weighted by Crippen LogP contribution is -2.42. The summed E-state index contributed by atoms with van der Waals surface area (Å²) in [5.41, 5.74) is 10.4. The van der Waals surface area contributed by atoms with Crippen LogP contribution in [0.1, 0.15) is 12.8 Å². The van der Waals surface area contributed by atoms with Gasteiger partial charge in [-0.15, -0.1) is 0 Å². The highest BCUT2D eigenvalue weighted by Crippen LogP contribution is 1.91. The maximum atomic E-state index is 10.1. The van der Waals surface area contributed by atoms with Crippen molar-refractivity contribution in [2.75, 3.05) is 6.54 Å². The van der Waals surface area contributed by atoms with E-state index in [2.05, 4.69) is 11.9 Å². The van der Waals surface area contributed by atoms with Crippen molar-refractivity contribution in [3.63, 3.8) is 0 Å². The fourth-order valence-corrected chi connectivity index (χ4v) is 0.689. The molecule has 12 heavy (non-hydrogen) atoms. The van der Waals surface area contributed by atoms with E-state index < -0.39 is 12.0 Å². The van der Waals surface area contributed by atoms with Gasteiger partial charge in [-0.05, 0) is 12.8 Å². The van der Waals surface area contributed by atoms with Gasteiger partial charge in [0.15, 0.2) is 0 Å². The Morgan fingerprint density at radius 3 is 2.67 bits per heavy atom. The number of rotatable bonds is 6. The van der Waals surface area contributed by atoms with Gasteiger partial charge in [-0.1, -0.05) is 6.58 Å². The maximum Gasteiger partial charge on any atom is 0.0885 e. The number of carboxylic acids is 1. The number of carbonyl (C=O) groups excluding carboxylic acids is 1. The van der Waals surface area contributed by atoms with Gasteiger partial charge in [-0.3, -0.25) is 0 Å². The number of hydrogen-bond acceptors (Lipinski definition) is 5. The fraction of sp³-hybridized carbons (Fsp3) is 0.571. The van der Waals surface area contributed by atoms with Crippen molar-refractivity contribution in [2.45, 2.75) is 18.9 Å². The summed E-state index contributed by atoms with van der Waals surface area (Å²) in [5.74, 6) is -0.849.